The average molecular weight is 553 g/mol. The lowest BCUT2D eigenvalue weighted by Gasteiger charge is -2.17. The normalized spacial score (nSPS) is 10.7. The van der Waals surface area contributed by atoms with Crippen molar-refractivity contribution in [1.82, 2.24) is 4.57 Å². The summed E-state index contributed by atoms with van der Waals surface area (Å²) in [5.74, 6) is 0.819. The minimum absolute atomic E-state index is 0.375. The minimum Gasteiger partial charge on any atom is -0.496 e. The molecule has 168 valence electrons. The largest absolute Gasteiger partial charge is 0.496 e. The fraction of sp³-hybridized carbons (Fsp3) is 0.148. The molecule has 0 aliphatic carbocycles. The molecule has 0 spiro atoms. The van der Waals surface area contributed by atoms with Gasteiger partial charge >= 0.3 is 5.97 Å². The second-order valence-electron chi connectivity index (χ2n) is 7.49. The number of aromatic nitrogens is 1. The first-order chi connectivity index (χ1) is 16.0. The molecule has 1 heterocycles. The lowest BCUT2D eigenvalue weighted by molar-refractivity contribution is 0.0597. The van der Waals surface area contributed by atoms with E-state index in [9.17, 15) is 4.79 Å². The summed E-state index contributed by atoms with van der Waals surface area (Å²) in [6.07, 6.45) is 0. The van der Waals surface area contributed by atoms with Crippen LogP contribution in [0.5, 0.6) is 11.5 Å². The quantitative estimate of drug-likeness (QED) is 0.196. The van der Waals surface area contributed by atoms with E-state index in [2.05, 4.69) is 45.4 Å². The Bertz CT molecular complexity index is 1280. The molecule has 0 N–H and O–H groups in total. The van der Waals surface area contributed by atoms with Gasteiger partial charge in [0.1, 0.15) is 23.7 Å². The number of carbonyl (C=O) groups excluding carboxylic acids is 1. The van der Waals surface area contributed by atoms with E-state index in [0.29, 0.717) is 17.9 Å². The fourth-order valence-corrected chi connectivity index (χ4v) is 4.25. The molecule has 0 radical (unpaired) electrons. The topological polar surface area (TPSA) is 49.7 Å². The van der Waals surface area contributed by atoms with Crippen LogP contribution < -0.4 is 9.47 Å². The number of esters is 1. The van der Waals surface area contributed by atoms with Gasteiger partial charge in [-0.15, -0.1) is 0 Å². The third kappa shape index (κ3) is 4.90. The number of methoxy groups -OCH3 is 2. The van der Waals surface area contributed by atoms with E-state index >= 15 is 0 Å². The predicted octanol–water partition coefficient (Wildman–Crippen LogP) is 6.43. The van der Waals surface area contributed by atoms with Crippen LogP contribution in [0.15, 0.2) is 78.9 Å². The third-order valence-electron chi connectivity index (χ3n) is 5.38. The van der Waals surface area contributed by atoms with Crippen LogP contribution in [0.3, 0.4) is 0 Å². The summed E-state index contributed by atoms with van der Waals surface area (Å²) in [7, 11) is 2.90. The van der Waals surface area contributed by atoms with Crippen LogP contribution >= 0.6 is 22.6 Å². The van der Waals surface area contributed by atoms with Crippen molar-refractivity contribution in [1.29, 1.82) is 0 Å². The number of ether oxygens (including phenoxy) is 3. The smallest absolute Gasteiger partial charge is 0.341 e. The van der Waals surface area contributed by atoms with Crippen LogP contribution in [0.2, 0.25) is 0 Å². The summed E-state index contributed by atoms with van der Waals surface area (Å²) in [4.78, 5) is 12.3. The number of nitrogens with zero attached hydrogens (tertiary/aromatic N) is 1. The highest BCUT2D eigenvalue weighted by atomic mass is 127. The first-order valence-electron chi connectivity index (χ1n) is 10.4. The SMILES string of the molecule is COC(=O)c1cc(-n2c(C)ccc2-c2cc(I)ccc2OCc2ccccc2)ccc1OC. The Morgan fingerprint density at radius 1 is 0.909 bits per heavy atom. The van der Waals surface area contributed by atoms with Crippen molar-refractivity contribution in [2.24, 2.45) is 0 Å². The van der Waals surface area contributed by atoms with Crippen molar-refractivity contribution in [2.75, 3.05) is 14.2 Å². The molecule has 0 saturated heterocycles. The van der Waals surface area contributed by atoms with E-state index in [1.807, 2.05) is 55.5 Å². The maximum absolute atomic E-state index is 12.3. The number of aryl methyl sites for hydroxylation is 1. The molecule has 6 heteroatoms. The van der Waals surface area contributed by atoms with E-state index < -0.39 is 5.97 Å². The molecule has 33 heavy (non-hydrogen) atoms. The van der Waals surface area contributed by atoms with Crippen molar-refractivity contribution >= 4 is 28.6 Å². The van der Waals surface area contributed by atoms with Gasteiger partial charge in [0.05, 0.1) is 19.9 Å². The molecular weight excluding hydrogens is 529 g/mol. The predicted molar refractivity (Wildman–Crippen MR) is 137 cm³/mol. The van der Waals surface area contributed by atoms with Crippen molar-refractivity contribution in [3.63, 3.8) is 0 Å². The highest BCUT2D eigenvalue weighted by Gasteiger charge is 2.18. The molecule has 0 unspecified atom stereocenters. The van der Waals surface area contributed by atoms with Gasteiger partial charge in [-0.05, 0) is 83.6 Å². The number of hydrogen-bond acceptors (Lipinski definition) is 4. The summed E-state index contributed by atoms with van der Waals surface area (Å²) in [5.41, 5.74) is 5.28. The Labute approximate surface area is 207 Å². The molecule has 4 aromatic rings. The Balaban J connectivity index is 1.79. The van der Waals surface area contributed by atoms with E-state index in [0.717, 1.165) is 37.5 Å². The van der Waals surface area contributed by atoms with Crippen molar-refractivity contribution < 1.29 is 19.0 Å². The number of halogens is 1. The molecule has 5 nitrogen and oxygen atoms in total. The van der Waals surface area contributed by atoms with Gasteiger partial charge in [-0.3, -0.25) is 0 Å². The van der Waals surface area contributed by atoms with Gasteiger partial charge < -0.3 is 18.8 Å². The van der Waals surface area contributed by atoms with E-state index in [-0.39, 0.29) is 0 Å². The number of rotatable bonds is 7. The van der Waals surface area contributed by atoms with Crippen LogP contribution in [-0.2, 0) is 11.3 Å². The first kappa shape index (κ1) is 22.9. The van der Waals surface area contributed by atoms with Gasteiger partial charge in [-0.25, -0.2) is 4.79 Å². The van der Waals surface area contributed by atoms with Gasteiger partial charge in [0.2, 0.25) is 0 Å². The van der Waals surface area contributed by atoms with Gasteiger partial charge in [0.15, 0.2) is 0 Å². The molecule has 0 bridgehead atoms. The molecule has 0 amide bonds. The van der Waals surface area contributed by atoms with E-state index in [1.165, 1.54) is 14.2 Å². The van der Waals surface area contributed by atoms with E-state index in [4.69, 9.17) is 14.2 Å². The van der Waals surface area contributed by atoms with E-state index in [1.54, 1.807) is 12.1 Å². The zero-order chi connectivity index (χ0) is 23.4. The van der Waals surface area contributed by atoms with Crippen molar-refractivity contribution in [3.05, 3.63) is 99.3 Å². The van der Waals surface area contributed by atoms with Gasteiger partial charge in [-0.2, -0.15) is 0 Å². The average Bonchev–Trinajstić information content (AvgIpc) is 3.24. The lowest BCUT2D eigenvalue weighted by atomic mass is 10.1. The van der Waals surface area contributed by atoms with Gasteiger partial charge in [0.25, 0.3) is 0 Å². The Morgan fingerprint density at radius 3 is 2.39 bits per heavy atom. The zero-order valence-corrected chi connectivity index (χ0v) is 20.8. The van der Waals surface area contributed by atoms with Gasteiger partial charge in [-0.1, -0.05) is 30.3 Å². The molecule has 0 atom stereocenters. The molecule has 4 rings (SSSR count). The minimum atomic E-state index is -0.443. The van der Waals surface area contributed by atoms with Crippen LogP contribution in [-0.4, -0.2) is 24.8 Å². The summed E-state index contributed by atoms with van der Waals surface area (Å²) in [5, 5.41) is 0. The molecular formula is C27H24INO4. The zero-order valence-electron chi connectivity index (χ0n) is 18.7. The summed E-state index contributed by atoms with van der Waals surface area (Å²) >= 11 is 2.31. The number of carbonyl (C=O) groups is 1. The van der Waals surface area contributed by atoms with Crippen LogP contribution in [0, 0.1) is 10.5 Å². The Morgan fingerprint density at radius 2 is 1.67 bits per heavy atom. The fourth-order valence-electron chi connectivity index (χ4n) is 3.76. The second kappa shape index (κ2) is 10.1. The Kier molecular flexibility index (Phi) is 7.03. The standard InChI is InChI=1S/C27H24INO4/c1-18-9-12-24(29(18)21-11-14-25(31-2)23(16-21)27(30)32-3)22-15-20(28)10-13-26(22)33-17-19-7-5-4-6-8-19/h4-16H,17H2,1-3H3. The molecule has 0 aliphatic heterocycles. The highest BCUT2D eigenvalue weighted by Crippen LogP contribution is 2.36. The second-order valence-corrected chi connectivity index (χ2v) is 8.73. The van der Waals surface area contributed by atoms with Gasteiger partial charge in [0, 0.05) is 20.5 Å². The first-order valence-corrected chi connectivity index (χ1v) is 11.5. The van der Waals surface area contributed by atoms with Crippen LogP contribution in [0.4, 0.5) is 0 Å². The van der Waals surface area contributed by atoms with Crippen molar-refractivity contribution in [2.45, 2.75) is 13.5 Å². The third-order valence-corrected chi connectivity index (χ3v) is 6.05. The molecule has 0 aliphatic rings. The van der Waals surface area contributed by atoms with Crippen molar-refractivity contribution in [3.8, 4) is 28.4 Å². The van der Waals surface area contributed by atoms with Crippen LogP contribution in [0.1, 0.15) is 21.6 Å². The lowest BCUT2D eigenvalue weighted by Crippen LogP contribution is -2.07. The molecule has 0 fully saturated rings. The maximum Gasteiger partial charge on any atom is 0.341 e. The highest BCUT2D eigenvalue weighted by molar-refractivity contribution is 14.1. The Hall–Kier alpha value is -3.26. The summed E-state index contributed by atoms with van der Waals surface area (Å²) in [6, 6.07) is 25.9. The number of hydrogen-bond donors (Lipinski definition) is 0. The summed E-state index contributed by atoms with van der Waals surface area (Å²) < 4.78 is 19.8. The van der Waals surface area contributed by atoms with Crippen LogP contribution in [0.25, 0.3) is 16.9 Å². The summed E-state index contributed by atoms with van der Waals surface area (Å²) in [6.45, 7) is 2.51. The maximum atomic E-state index is 12.3. The molecule has 1 aromatic heterocycles. The molecule has 0 saturated carbocycles. The number of benzene rings is 3. The monoisotopic (exact) mass is 553 g/mol. The molecule has 3 aromatic carbocycles.